The van der Waals surface area contributed by atoms with Crippen LogP contribution in [0, 0.1) is 21.8 Å². The van der Waals surface area contributed by atoms with Crippen LogP contribution in [0.1, 0.15) is 23.6 Å². The van der Waals surface area contributed by atoms with Gasteiger partial charge in [0.15, 0.2) is 0 Å². The summed E-state index contributed by atoms with van der Waals surface area (Å²) in [5, 5.41) is 8.85. The lowest BCUT2D eigenvalue weighted by Gasteiger charge is -2.08. The lowest BCUT2D eigenvalue weighted by atomic mass is 10.0. The van der Waals surface area contributed by atoms with Crippen molar-refractivity contribution in [1.29, 1.82) is 5.26 Å². The molecule has 0 aliphatic heterocycles. The average molecular weight is 329 g/mol. The lowest BCUT2D eigenvalue weighted by molar-refractivity contribution is -0.142. The predicted molar refractivity (Wildman–Crippen MR) is 68.9 cm³/mol. The molecule has 0 aromatic heterocycles. The van der Waals surface area contributed by atoms with Crippen LogP contribution in [0.5, 0.6) is 0 Å². The second kappa shape index (κ2) is 5.85. The Morgan fingerprint density at radius 2 is 2.25 bits per heavy atom. The van der Waals surface area contributed by atoms with E-state index < -0.39 is 0 Å². The van der Waals surface area contributed by atoms with Gasteiger partial charge in [-0.3, -0.25) is 4.79 Å². The average Bonchev–Trinajstić information content (AvgIpc) is 2.25. The fourth-order valence-electron chi connectivity index (χ4n) is 1.37. The highest BCUT2D eigenvalue weighted by atomic mass is 127. The normalized spacial score (nSPS) is 9.62. The Bertz CT molecular complexity index is 449. The van der Waals surface area contributed by atoms with Gasteiger partial charge in [-0.2, -0.15) is 5.26 Å². The Kier molecular flexibility index (Phi) is 4.74. The molecule has 0 radical (unpaired) electrons. The minimum atomic E-state index is -0.232. The molecule has 0 aliphatic rings. The fraction of sp³-hybridized carbons (Fsp3) is 0.333. The topological polar surface area (TPSA) is 50.1 Å². The standard InChI is InChI=1S/C12H12INO2/c1-3-16-11(15)6-9-4-5-10(7-14)8(2)12(9)13/h4-5H,3,6H2,1-2H3. The third kappa shape index (κ3) is 2.95. The monoisotopic (exact) mass is 329 g/mol. The van der Waals surface area contributed by atoms with Gasteiger partial charge in [0.2, 0.25) is 0 Å². The summed E-state index contributed by atoms with van der Waals surface area (Å²) in [6.45, 7) is 4.06. The molecule has 0 N–H and O–H groups in total. The number of carbonyl (C=O) groups is 1. The van der Waals surface area contributed by atoms with Gasteiger partial charge in [0.25, 0.3) is 0 Å². The highest BCUT2D eigenvalue weighted by Gasteiger charge is 2.11. The van der Waals surface area contributed by atoms with E-state index in [9.17, 15) is 4.79 Å². The van der Waals surface area contributed by atoms with Crippen LogP contribution in [0.3, 0.4) is 0 Å². The van der Waals surface area contributed by atoms with E-state index in [0.29, 0.717) is 12.2 Å². The van der Waals surface area contributed by atoms with Crippen LogP contribution in [0.4, 0.5) is 0 Å². The van der Waals surface area contributed by atoms with E-state index in [4.69, 9.17) is 10.00 Å². The molecular weight excluding hydrogens is 317 g/mol. The Hall–Kier alpha value is -1.09. The van der Waals surface area contributed by atoms with E-state index in [2.05, 4.69) is 28.7 Å². The molecule has 0 unspecified atom stereocenters. The molecule has 0 atom stereocenters. The van der Waals surface area contributed by atoms with Crippen LogP contribution in [-0.2, 0) is 16.0 Å². The zero-order valence-corrected chi connectivity index (χ0v) is 11.4. The first kappa shape index (κ1) is 13.0. The van der Waals surface area contributed by atoms with Gasteiger partial charge >= 0.3 is 5.97 Å². The van der Waals surface area contributed by atoms with E-state index in [1.54, 1.807) is 13.0 Å². The third-order valence-electron chi connectivity index (χ3n) is 2.23. The van der Waals surface area contributed by atoms with Crippen LogP contribution in [-0.4, -0.2) is 12.6 Å². The molecule has 0 saturated heterocycles. The molecule has 1 aromatic rings. The predicted octanol–water partition coefficient (Wildman–Crippen LogP) is 2.58. The summed E-state index contributed by atoms with van der Waals surface area (Å²) in [6.07, 6.45) is 0.263. The van der Waals surface area contributed by atoms with Crippen LogP contribution in [0.15, 0.2) is 12.1 Å². The maximum absolute atomic E-state index is 11.3. The zero-order chi connectivity index (χ0) is 12.1. The van der Waals surface area contributed by atoms with Gasteiger partial charge in [-0.1, -0.05) is 6.07 Å². The van der Waals surface area contributed by atoms with Crippen molar-refractivity contribution in [3.05, 3.63) is 32.4 Å². The summed E-state index contributed by atoms with van der Waals surface area (Å²) in [7, 11) is 0. The molecule has 84 valence electrons. The molecule has 0 heterocycles. The summed E-state index contributed by atoms with van der Waals surface area (Å²) >= 11 is 2.16. The molecular formula is C12H12INO2. The number of hydrogen-bond donors (Lipinski definition) is 0. The Morgan fingerprint density at radius 1 is 1.56 bits per heavy atom. The first-order valence-electron chi connectivity index (χ1n) is 4.93. The maximum Gasteiger partial charge on any atom is 0.310 e. The molecule has 16 heavy (non-hydrogen) atoms. The minimum absolute atomic E-state index is 0.232. The Morgan fingerprint density at radius 3 is 2.81 bits per heavy atom. The van der Waals surface area contributed by atoms with Gasteiger partial charge in [-0.25, -0.2) is 0 Å². The summed E-state index contributed by atoms with van der Waals surface area (Å²) < 4.78 is 5.85. The van der Waals surface area contributed by atoms with E-state index >= 15 is 0 Å². The first-order valence-corrected chi connectivity index (χ1v) is 6.01. The minimum Gasteiger partial charge on any atom is -0.466 e. The SMILES string of the molecule is CCOC(=O)Cc1ccc(C#N)c(C)c1I. The maximum atomic E-state index is 11.3. The second-order valence-corrected chi connectivity index (χ2v) is 4.38. The molecule has 0 fully saturated rings. The molecule has 0 amide bonds. The largest absolute Gasteiger partial charge is 0.466 e. The van der Waals surface area contributed by atoms with Crippen molar-refractivity contribution >= 4 is 28.6 Å². The van der Waals surface area contributed by atoms with E-state index in [1.165, 1.54) is 0 Å². The number of rotatable bonds is 3. The number of carbonyl (C=O) groups excluding carboxylic acids is 1. The number of benzene rings is 1. The number of ether oxygens (including phenoxy) is 1. The summed E-state index contributed by atoms with van der Waals surface area (Å²) in [4.78, 5) is 11.3. The number of esters is 1. The molecule has 3 nitrogen and oxygen atoms in total. The molecule has 1 rings (SSSR count). The summed E-state index contributed by atoms with van der Waals surface area (Å²) in [5.74, 6) is -0.232. The zero-order valence-electron chi connectivity index (χ0n) is 9.21. The van der Waals surface area contributed by atoms with Crippen LogP contribution in [0.2, 0.25) is 0 Å². The lowest BCUT2D eigenvalue weighted by Crippen LogP contribution is -2.09. The summed E-state index contributed by atoms with van der Waals surface area (Å²) in [6, 6.07) is 5.67. The van der Waals surface area contributed by atoms with Gasteiger partial charge in [-0.05, 0) is 53.6 Å². The smallest absolute Gasteiger partial charge is 0.310 e. The van der Waals surface area contributed by atoms with Crippen molar-refractivity contribution in [3.63, 3.8) is 0 Å². The molecule has 0 aliphatic carbocycles. The molecule has 1 aromatic carbocycles. The van der Waals surface area contributed by atoms with E-state index in [1.807, 2.05) is 13.0 Å². The van der Waals surface area contributed by atoms with Gasteiger partial charge < -0.3 is 4.74 Å². The van der Waals surface area contributed by atoms with Crippen LogP contribution < -0.4 is 0 Å². The van der Waals surface area contributed by atoms with Gasteiger partial charge in [-0.15, -0.1) is 0 Å². The Labute approximate surface area is 109 Å². The van der Waals surface area contributed by atoms with Gasteiger partial charge in [0, 0.05) is 3.57 Å². The van der Waals surface area contributed by atoms with E-state index in [-0.39, 0.29) is 12.4 Å². The molecule has 0 saturated carbocycles. The number of nitrogens with zero attached hydrogens (tertiary/aromatic N) is 1. The van der Waals surface area contributed by atoms with Crippen LogP contribution >= 0.6 is 22.6 Å². The molecule has 4 heteroatoms. The quantitative estimate of drug-likeness (QED) is 0.633. The highest BCUT2D eigenvalue weighted by molar-refractivity contribution is 14.1. The number of hydrogen-bond acceptors (Lipinski definition) is 3. The Balaban J connectivity index is 2.96. The van der Waals surface area contributed by atoms with Gasteiger partial charge in [0.1, 0.15) is 0 Å². The first-order chi connectivity index (χ1) is 7.60. The van der Waals surface area contributed by atoms with Crippen molar-refractivity contribution in [3.8, 4) is 6.07 Å². The van der Waals surface area contributed by atoms with E-state index in [0.717, 1.165) is 14.7 Å². The molecule has 0 spiro atoms. The number of nitriles is 1. The van der Waals surface area contributed by atoms with Crippen LogP contribution in [0.25, 0.3) is 0 Å². The summed E-state index contributed by atoms with van der Waals surface area (Å²) in [5.41, 5.74) is 2.48. The third-order valence-corrected chi connectivity index (χ3v) is 3.73. The van der Waals surface area contributed by atoms with Crippen molar-refractivity contribution in [2.75, 3.05) is 6.61 Å². The van der Waals surface area contributed by atoms with Crippen molar-refractivity contribution in [2.45, 2.75) is 20.3 Å². The van der Waals surface area contributed by atoms with Crippen molar-refractivity contribution in [2.24, 2.45) is 0 Å². The highest BCUT2D eigenvalue weighted by Crippen LogP contribution is 2.21. The second-order valence-electron chi connectivity index (χ2n) is 3.30. The molecule has 0 bridgehead atoms. The van der Waals surface area contributed by atoms with Gasteiger partial charge in [0.05, 0.1) is 24.7 Å². The van der Waals surface area contributed by atoms with Crippen molar-refractivity contribution in [1.82, 2.24) is 0 Å². The fourth-order valence-corrected chi connectivity index (χ4v) is 2.03. The van der Waals surface area contributed by atoms with Crippen molar-refractivity contribution < 1.29 is 9.53 Å². The number of halogens is 1.